The highest BCUT2D eigenvalue weighted by Gasteiger charge is 2.45. The van der Waals surface area contributed by atoms with Gasteiger partial charge in [0.1, 0.15) is 6.04 Å². The van der Waals surface area contributed by atoms with Gasteiger partial charge in [0.25, 0.3) is 17.7 Å². The topological polar surface area (TPSA) is 222 Å². The molecule has 2 aromatic carbocycles. The number of nitrogens with one attached hydrogen (secondary N) is 5. The summed E-state index contributed by atoms with van der Waals surface area (Å²) < 4.78 is 13.3. The van der Waals surface area contributed by atoms with E-state index in [1.165, 1.54) is 6.07 Å². The number of hydrogen-bond donors (Lipinski definition) is 5. The zero-order valence-corrected chi connectivity index (χ0v) is 35.3. The van der Waals surface area contributed by atoms with Gasteiger partial charge in [-0.1, -0.05) is 50.2 Å². The minimum atomic E-state index is -1.08. The number of piperidine rings is 1. The van der Waals surface area contributed by atoms with E-state index in [2.05, 4.69) is 67.4 Å². The fourth-order valence-corrected chi connectivity index (χ4v) is 8.08. The summed E-state index contributed by atoms with van der Waals surface area (Å²) in [6, 6.07) is 13.7. The van der Waals surface area contributed by atoms with Crippen LogP contribution in [0.3, 0.4) is 0 Å². The Labute approximate surface area is 359 Å². The van der Waals surface area contributed by atoms with E-state index in [9.17, 15) is 28.8 Å². The number of carbonyl (C=O) groups is 6. The molecule has 0 spiro atoms. The SMILES string of the molecule is CN(CCOCCOCCNC(=O)CNc1cccc2c1C(=O)N(C1CCC(=O)NC1=O)C2=O)CC[C@@H](c1ccccc1)n1cc(NC(=O)c2n[nH]c3c2CCC(C)(C)C3)cn1. The van der Waals surface area contributed by atoms with E-state index in [1.54, 1.807) is 18.3 Å². The number of fused-ring (bicyclic) bond motifs is 2. The summed E-state index contributed by atoms with van der Waals surface area (Å²) in [5.74, 6) is -2.99. The monoisotopic (exact) mass is 850 g/mol. The van der Waals surface area contributed by atoms with Crippen LogP contribution in [0.4, 0.5) is 11.4 Å². The number of benzene rings is 2. The smallest absolute Gasteiger partial charge is 0.276 e. The van der Waals surface area contributed by atoms with E-state index in [0.29, 0.717) is 43.4 Å². The second-order valence-corrected chi connectivity index (χ2v) is 16.7. The van der Waals surface area contributed by atoms with Crippen LogP contribution in [-0.2, 0) is 36.7 Å². The third-order valence-corrected chi connectivity index (χ3v) is 11.5. The first-order valence-electron chi connectivity index (χ1n) is 21.0. The normalized spacial score (nSPS) is 17.4. The molecule has 2 aromatic heterocycles. The standard InChI is InChI=1S/C44H54N10O8/c1-44(2)16-14-30-33(24-44)50-51-39(30)41(58)48-29-25-47-53(27-29)34(28-8-5-4-6-9-28)15-18-52(3)19-21-62-23-22-61-20-17-45-37(56)26-46-32-11-7-10-31-38(32)43(60)54(42(31)59)35-12-13-36(55)49-40(35)57/h4-11,25,27,34-35,46H,12-24,26H2,1-3H3,(H,45,56)(H,48,58)(H,50,51)(H,49,55,57)/t34-,35?/m0/s1. The molecule has 5 N–H and O–H groups in total. The maximum atomic E-state index is 13.3. The van der Waals surface area contributed by atoms with E-state index >= 15 is 0 Å². The van der Waals surface area contributed by atoms with Gasteiger partial charge in [-0.2, -0.15) is 10.2 Å². The summed E-state index contributed by atoms with van der Waals surface area (Å²) in [6.45, 7) is 7.55. The third-order valence-electron chi connectivity index (χ3n) is 11.5. The summed E-state index contributed by atoms with van der Waals surface area (Å²) in [7, 11) is 2.04. The molecule has 4 aromatic rings. The quantitative estimate of drug-likeness (QED) is 0.0640. The second kappa shape index (κ2) is 19.6. The minimum Gasteiger partial charge on any atom is -0.378 e. The largest absolute Gasteiger partial charge is 0.378 e. The number of likely N-dealkylation sites (N-methyl/N-ethyl adjacent to an activating group) is 1. The maximum Gasteiger partial charge on any atom is 0.276 e. The summed E-state index contributed by atoms with van der Waals surface area (Å²) in [4.78, 5) is 79.2. The molecule has 2 atom stereocenters. The molecule has 0 saturated carbocycles. The van der Waals surface area contributed by atoms with Crippen LogP contribution >= 0.6 is 0 Å². The molecule has 2 aliphatic heterocycles. The molecule has 0 radical (unpaired) electrons. The fraction of sp³-hybridized carbons (Fsp3) is 0.455. The van der Waals surface area contributed by atoms with Crippen LogP contribution in [-0.4, -0.2) is 131 Å². The highest BCUT2D eigenvalue weighted by Crippen LogP contribution is 2.35. The van der Waals surface area contributed by atoms with Crippen molar-refractivity contribution in [3.63, 3.8) is 0 Å². The number of carbonyl (C=O) groups excluding carboxylic acids is 6. The zero-order valence-electron chi connectivity index (χ0n) is 35.3. The van der Waals surface area contributed by atoms with Gasteiger partial charge in [0.15, 0.2) is 5.69 Å². The molecule has 4 heterocycles. The molecular weight excluding hydrogens is 797 g/mol. The van der Waals surface area contributed by atoms with E-state index in [4.69, 9.17) is 9.47 Å². The number of ether oxygens (including phenoxy) is 2. The van der Waals surface area contributed by atoms with Crippen LogP contribution in [0.15, 0.2) is 60.9 Å². The highest BCUT2D eigenvalue weighted by atomic mass is 16.5. The van der Waals surface area contributed by atoms with Crippen LogP contribution in [0.5, 0.6) is 0 Å². The van der Waals surface area contributed by atoms with Crippen molar-refractivity contribution in [1.82, 2.24) is 40.4 Å². The first-order valence-corrected chi connectivity index (χ1v) is 21.0. The average molecular weight is 851 g/mol. The Morgan fingerprint density at radius 2 is 1.76 bits per heavy atom. The van der Waals surface area contributed by atoms with Crippen molar-refractivity contribution in [2.45, 2.75) is 64.5 Å². The number of imide groups is 2. The number of nitrogens with zero attached hydrogens (tertiary/aromatic N) is 5. The van der Waals surface area contributed by atoms with Crippen molar-refractivity contribution in [2.75, 3.05) is 70.3 Å². The molecule has 7 rings (SSSR count). The van der Waals surface area contributed by atoms with Gasteiger partial charge in [0.05, 0.1) is 62.0 Å². The fourth-order valence-electron chi connectivity index (χ4n) is 8.08. The predicted molar refractivity (Wildman–Crippen MR) is 228 cm³/mol. The van der Waals surface area contributed by atoms with Crippen LogP contribution in [0.2, 0.25) is 0 Å². The number of H-pyrrole nitrogens is 1. The number of hydrogen-bond acceptors (Lipinski definition) is 12. The molecule has 328 valence electrons. The molecule has 62 heavy (non-hydrogen) atoms. The Bertz CT molecular complexity index is 2290. The lowest BCUT2D eigenvalue weighted by atomic mass is 9.76. The first kappa shape index (κ1) is 43.8. The van der Waals surface area contributed by atoms with E-state index < -0.39 is 29.7 Å². The summed E-state index contributed by atoms with van der Waals surface area (Å²) in [5, 5.41) is 23.0. The number of rotatable bonds is 20. The van der Waals surface area contributed by atoms with Gasteiger partial charge >= 0.3 is 0 Å². The van der Waals surface area contributed by atoms with Crippen LogP contribution in [0.25, 0.3) is 0 Å². The Kier molecular flexibility index (Phi) is 13.9. The van der Waals surface area contributed by atoms with Gasteiger partial charge in [-0.15, -0.1) is 0 Å². The van der Waals surface area contributed by atoms with Crippen LogP contribution in [0.1, 0.15) is 93.6 Å². The zero-order chi connectivity index (χ0) is 43.8. The molecule has 18 heteroatoms. The molecule has 6 amide bonds. The van der Waals surface area contributed by atoms with Gasteiger partial charge in [0.2, 0.25) is 17.7 Å². The van der Waals surface area contributed by atoms with Gasteiger partial charge in [-0.3, -0.25) is 48.8 Å². The molecule has 3 aliphatic rings. The summed E-state index contributed by atoms with van der Waals surface area (Å²) in [6.07, 6.45) is 7.09. The Hall–Kier alpha value is -6.24. The Morgan fingerprint density at radius 3 is 2.55 bits per heavy atom. The van der Waals surface area contributed by atoms with Gasteiger partial charge < -0.3 is 30.3 Å². The number of amides is 6. The predicted octanol–water partition coefficient (Wildman–Crippen LogP) is 2.95. The van der Waals surface area contributed by atoms with E-state index in [1.807, 2.05) is 36.1 Å². The van der Waals surface area contributed by atoms with Gasteiger partial charge in [-0.05, 0) is 62.3 Å². The van der Waals surface area contributed by atoms with Crippen molar-refractivity contribution < 1.29 is 38.2 Å². The molecule has 18 nitrogen and oxygen atoms in total. The number of anilines is 2. The lowest BCUT2D eigenvalue weighted by Gasteiger charge is -2.28. The van der Waals surface area contributed by atoms with Crippen molar-refractivity contribution in [2.24, 2.45) is 5.41 Å². The minimum absolute atomic E-state index is 0.0242. The van der Waals surface area contributed by atoms with E-state index in [0.717, 1.165) is 53.9 Å². The molecule has 1 saturated heterocycles. The molecule has 0 bridgehead atoms. The van der Waals surface area contributed by atoms with Crippen molar-refractivity contribution in [1.29, 1.82) is 0 Å². The number of aromatic amines is 1. The van der Waals surface area contributed by atoms with Crippen LogP contribution in [0, 0.1) is 5.41 Å². The molecule has 1 aliphatic carbocycles. The highest BCUT2D eigenvalue weighted by molar-refractivity contribution is 6.25. The number of aromatic nitrogens is 4. The maximum absolute atomic E-state index is 13.3. The summed E-state index contributed by atoms with van der Waals surface area (Å²) >= 11 is 0. The van der Waals surface area contributed by atoms with E-state index in [-0.39, 0.29) is 66.9 Å². The Morgan fingerprint density at radius 1 is 0.968 bits per heavy atom. The van der Waals surface area contributed by atoms with Crippen LogP contribution < -0.4 is 21.3 Å². The van der Waals surface area contributed by atoms with Gasteiger partial charge in [0, 0.05) is 49.2 Å². The Balaban J connectivity index is 0.778. The average Bonchev–Trinajstić information content (AvgIpc) is 3.95. The lowest BCUT2D eigenvalue weighted by molar-refractivity contribution is -0.136. The molecule has 1 unspecified atom stereocenters. The van der Waals surface area contributed by atoms with Crippen molar-refractivity contribution >= 4 is 46.8 Å². The lowest BCUT2D eigenvalue weighted by Crippen LogP contribution is -2.54. The second-order valence-electron chi connectivity index (χ2n) is 16.7. The van der Waals surface area contributed by atoms with Crippen molar-refractivity contribution in [3.8, 4) is 0 Å². The molecule has 1 fully saturated rings. The van der Waals surface area contributed by atoms with Crippen molar-refractivity contribution in [3.05, 3.63) is 94.6 Å². The third kappa shape index (κ3) is 10.4. The van der Waals surface area contributed by atoms with Gasteiger partial charge in [-0.25, -0.2) is 0 Å². The summed E-state index contributed by atoms with van der Waals surface area (Å²) in [5.41, 5.74) is 4.90. The molecular formula is C44H54N10O8. The first-order chi connectivity index (χ1) is 29.9.